The van der Waals surface area contributed by atoms with Gasteiger partial charge in [-0.15, -0.1) is 13.2 Å². The molecule has 0 amide bonds. The number of nitrogens with zero attached hydrogens (tertiary/aromatic N) is 2. The maximum absolute atomic E-state index is 5.95. The van der Waals surface area contributed by atoms with Crippen LogP contribution < -0.4 is 0 Å². The average Bonchev–Trinajstić information content (AvgIpc) is 2.74. The molecular weight excluding hydrogens is 372 g/mol. The minimum atomic E-state index is 0.168. The smallest absolute Gasteiger partial charge is 0.141 e. The second-order valence-corrected chi connectivity index (χ2v) is 8.00. The van der Waals surface area contributed by atoms with Crippen molar-refractivity contribution >= 4 is 0 Å². The van der Waals surface area contributed by atoms with Crippen LogP contribution in [0.2, 0.25) is 0 Å². The number of hydrogen-bond acceptors (Lipinski definition) is 4. The summed E-state index contributed by atoms with van der Waals surface area (Å²) < 4.78 is 11.6. The molecule has 2 rings (SSSR count). The maximum atomic E-state index is 5.95. The Morgan fingerprint density at radius 3 is 2.77 bits per heavy atom. The van der Waals surface area contributed by atoms with Crippen molar-refractivity contribution in [1.82, 2.24) is 9.80 Å². The highest BCUT2D eigenvalue weighted by molar-refractivity contribution is 5.16. The van der Waals surface area contributed by atoms with Crippen molar-refractivity contribution in [3.63, 3.8) is 0 Å². The molecule has 0 saturated carbocycles. The van der Waals surface area contributed by atoms with Gasteiger partial charge in [-0.3, -0.25) is 9.80 Å². The summed E-state index contributed by atoms with van der Waals surface area (Å²) in [6, 6.07) is 0. The monoisotopic (exact) mass is 414 g/mol. The average molecular weight is 415 g/mol. The highest BCUT2D eigenvalue weighted by Gasteiger charge is 2.13. The summed E-state index contributed by atoms with van der Waals surface area (Å²) in [7, 11) is 0. The maximum Gasteiger partial charge on any atom is 0.141 e. The Morgan fingerprint density at radius 2 is 1.93 bits per heavy atom. The molecule has 0 radical (unpaired) electrons. The van der Waals surface area contributed by atoms with E-state index in [1.54, 1.807) is 6.26 Å². The molecule has 0 bridgehead atoms. The van der Waals surface area contributed by atoms with Gasteiger partial charge in [0.25, 0.3) is 0 Å². The van der Waals surface area contributed by atoms with E-state index in [0.29, 0.717) is 19.4 Å². The van der Waals surface area contributed by atoms with Crippen LogP contribution in [-0.2, 0) is 9.47 Å². The van der Waals surface area contributed by atoms with E-state index in [1.807, 2.05) is 12.2 Å². The molecule has 2 aliphatic rings. The molecular formula is C26H42N2O2. The van der Waals surface area contributed by atoms with Gasteiger partial charge in [-0.1, -0.05) is 55.0 Å². The van der Waals surface area contributed by atoms with E-state index in [-0.39, 0.29) is 6.10 Å². The Morgan fingerprint density at radius 1 is 1.10 bits per heavy atom. The van der Waals surface area contributed by atoms with Gasteiger partial charge in [0.15, 0.2) is 0 Å². The first-order valence-corrected chi connectivity index (χ1v) is 11.1. The van der Waals surface area contributed by atoms with Crippen LogP contribution in [0, 0.1) is 5.92 Å². The van der Waals surface area contributed by atoms with Crippen molar-refractivity contribution in [3.05, 3.63) is 73.6 Å². The van der Waals surface area contributed by atoms with E-state index in [1.165, 1.54) is 18.4 Å². The summed E-state index contributed by atoms with van der Waals surface area (Å²) in [5, 5.41) is 0. The lowest BCUT2D eigenvalue weighted by molar-refractivity contribution is -0.00101. The zero-order valence-electron chi connectivity index (χ0n) is 19.3. The first-order chi connectivity index (χ1) is 14.6. The fourth-order valence-electron chi connectivity index (χ4n) is 3.46. The van der Waals surface area contributed by atoms with Crippen molar-refractivity contribution in [3.8, 4) is 0 Å². The van der Waals surface area contributed by atoms with Crippen LogP contribution in [-0.4, -0.2) is 55.5 Å². The fraction of sp³-hybridized carbons (Fsp3) is 0.538. The Labute approximate surface area is 184 Å². The normalized spacial score (nSPS) is 28.4. The predicted octanol–water partition coefficient (Wildman–Crippen LogP) is 5.69. The molecule has 2 aliphatic heterocycles. The molecule has 2 atom stereocenters. The van der Waals surface area contributed by atoms with Crippen LogP contribution in [0.5, 0.6) is 0 Å². The van der Waals surface area contributed by atoms with E-state index < -0.39 is 0 Å². The molecule has 0 N–H and O–H groups in total. The molecule has 4 heteroatoms. The van der Waals surface area contributed by atoms with E-state index in [2.05, 4.69) is 80.2 Å². The van der Waals surface area contributed by atoms with Crippen LogP contribution in [0.25, 0.3) is 0 Å². The van der Waals surface area contributed by atoms with Gasteiger partial charge in [0.05, 0.1) is 19.1 Å². The lowest BCUT2D eigenvalue weighted by Gasteiger charge is -2.27. The van der Waals surface area contributed by atoms with Crippen molar-refractivity contribution in [2.24, 2.45) is 5.92 Å². The molecule has 2 heterocycles. The quantitative estimate of drug-likeness (QED) is 0.521. The Hall–Kier alpha value is -1.88. The first-order valence-electron chi connectivity index (χ1n) is 11.1. The van der Waals surface area contributed by atoms with E-state index in [9.17, 15) is 0 Å². The molecule has 0 aromatic carbocycles. The molecule has 0 fully saturated rings. The van der Waals surface area contributed by atoms with Crippen molar-refractivity contribution in [2.45, 2.75) is 46.1 Å². The lowest BCUT2D eigenvalue weighted by Crippen LogP contribution is -2.34. The van der Waals surface area contributed by atoms with Gasteiger partial charge < -0.3 is 9.47 Å². The largest absolute Gasteiger partial charge is 0.486 e. The molecule has 0 aromatic heterocycles. The minimum absolute atomic E-state index is 0.168. The van der Waals surface area contributed by atoms with Crippen molar-refractivity contribution < 1.29 is 9.47 Å². The second kappa shape index (κ2) is 16.9. The van der Waals surface area contributed by atoms with Crippen molar-refractivity contribution in [2.75, 3.05) is 39.6 Å². The number of hydrogen-bond donors (Lipinski definition) is 0. The number of rotatable bonds is 6. The van der Waals surface area contributed by atoms with Crippen LogP contribution in [0.15, 0.2) is 73.6 Å². The van der Waals surface area contributed by atoms with E-state index in [4.69, 9.17) is 9.47 Å². The number of allylic oxidation sites excluding steroid dienone is 6. The number of ether oxygens (including phenoxy) is 2. The molecule has 0 aromatic rings. The SMILES string of the molecule is C=C.C\C1=C/C=C\C=C\OCN(CCCC(C)CN2CC/C=C\C=C/C(C)OC2)C1. The predicted molar refractivity (Wildman–Crippen MR) is 129 cm³/mol. The summed E-state index contributed by atoms with van der Waals surface area (Å²) >= 11 is 0. The topological polar surface area (TPSA) is 24.9 Å². The summed E-state index contributed by atoms with van der Waals surface area (Å²) in [4.78, 5) is 4.83. The standard InChI is InChI=1S/C24H38N2O2.C2H4/c1-22-12-7-6-10-17-27-20-25(18-22)16-11-13-23(2)19-26-15-9-5-4-8-14-24(3)28-21-26;1-2/h4-8,10,12,14,17,23-24H,9,11,13,15-16,18-21H2,1-3H3;1-2H2/b5-4-,7-6-,14-8-,17-10+,22-12+;. The van der Waals surface area contributed by atoms with Gasteiger partial charge in [0, 0.05) is 26.2 Å². The van der Waals surface area contributed by atoms with E-state index in [0.717, 1.165) is 32.6 Å². The molecule has 0 spiro atoms. The van der Waals surface area contributed by atoms with E-state index >= 15 is 0 Å². The summed E-state index contributed by atoms with van der Waals surface area (Å²) in [5.74, 6) is 0.655. The highest BCUT2D eigenvalue weighted by Crippen LogP contribution is 2.12. The zero-order chi connectivity index (χ0) is 22.0. The van der Waals surface area contributed by atoms with Crippen LogP contribution >= 0.6 is 0 Å². The van der Waals surface area contributed by atoms with Gasteiger partial charge in [-0.05, 0) is 45.1 Å². The molecule has 30 heavy (non-hydrogen) atoms. The highest BCUT2D eigenvalue weighted by atomic mass is 16.5. The molecule has 168 valence electrons. The molecule has 4 nitrogen and oxygen atoms in total. The Balaban J connectivity index is 0.00000218. The van der Waals surface area contributed by atoms with Gasteiger partial charge in [0.2, 0.25) is 0 Å². The van der Waals surface area contributed by atoms with Gasteiger partial charge in [-0.25, -0.2) is 0 Å². The molecule has 2 unspecified atom stereocenters. The first kappa shape index (κ1) is 26.2. The third-order valence-corrected chi connectivity index (χ3v) is 5.01. The third-order valence-electron chi connectivity index (χ3n) is 5.01. The van der Waals surface area contributed by atoms with Crippen LogP contribution in [0.4, 0.5) is 0 Å². The molecule has 0 saturated heterocycles. The van der Waals surface area contributed by atoms with Gasteiger partial charge in [-0.2, -0.15) is 0 Å². The summed E-state index contributed by atoms with van der Waals surface area (Å²) in [6.07, 6.45) is 22.2. The third kappa shape index (κ3) is 12.6. The van der Waals surface area contributed by atoms with Crippen LogP contribution in [0.3, 0.4) is 0 Å². The lowest BCUT2D eigenvalue weighted by atomic mass is 10.0. The van der Waals surface area contributed by atoms with Crippen molar-refractivity contribution in [1.29, 1.82) is 0 Å². The van der Waals surface area contributed by atoms with Gasteiger partial charge >= 0.3 is 0 Å². The Kier molecular flexibility index (Phi) is 14.7. The zero-order valence-corrected chi connectivity index (χ0v) is 19.3. The minimum Gasteiger partial charge on any atom is -0.486 e. The summed E-state index contributed by atoms with van der Waals surface area (Å²) in [6.45, 7) is 18.2. The van der Waals surface area contributed by atoms with Crippen LogP contribution in [0.1, 0.15) is 40.0 Å². The second-order valence-electron chi connectivity index (χ2n) is 8.00. The van der Waals surface area contributed by atoms with Gasteiger partial charge in [0.1, 0.15) is 6.73 Å². The summed E-state index contributed by atoms with van der Waals surface area (Å²) in [5.41, 5.74) is 1.36. The fourth-order valence-corrected chi connectivity index (χ4v) is 3.46. The molecule has 0 aliphatic carbocycles. The Bertz CT molecular complexity index is 592.